The van der Waals surface area contributed by atoms with E-state index in [1.165, 1.54) is 12.3 Å². The Bertz CT molecular complexity index is 801. The summed E-state index contributed by atoms with van der Waals surface area (Å²) < 4.78 is 16.4. The number of carbonyl (C=O) groups is 2. The zero-order chi connectivity index (χ0) is 18.7. The van der Waals surface area contributed by atoms with Crippen molar-refractivity contribution in [3.8, 4) is 11.5 Å². The smallest absolute Gasteiger partial charge is 0.287 e. The van der Waals surface area contributed by atoms with E-state index in [4.69, 9.17) is 13.9 Å². The summed E-state index contributed by atoms with van der Waals surface area (Å²) in [4.78, 5) is 24.5. The monoisotopic (exact) mass is 358 g/mol. The predicted molar refractivity (Wildman–Crippen MR) is 95.7 cm³/mol. The minimum absolute atomic E-state index is 0.0944. The number of nitrogens with one attached hydrogen (secondary N) is 2. The van der Waals surface area contributed by atoms with Crippen LogP contribution in [0.2, 0.25) is 0 Å². The molecule has 0 saturated carbocycles. The summed E-state index contributed by atoms with van der Waals surface area (Å²) in [6.45, 7) is 5.94. The third kappa shape index (κ3) is 3.82. The molecule has 1 aliphatic rings. The quantitative estimate of drug-likeness (QED) is 0.829. The maximum absolute atomic E-state index is 12.5. The first kappa shape index (κ1) is 17.8. The normalized spacial score (nSPS) is 16.3. The van der Waals surface area contributed by atoms with Gasteiger partial charge in [0.25, 0.3) is 5.91 Å². The van der Waals surface area contributed by atoms with Gasteiger partial charge in [-0.15, -0.1) is 0 Å². The highest BCUT2D eigenvalue weighted by Crippen LogP contribution is 2.38. The lowest BCUT2D eigenvalue weighted by molar-refractivity contribution is -0.117. The number of furan rings is 1. The molecule has 7 heteroatoms. The minimum Gasteiger partial charge on any atom is -0.492 e. The van der Waals surface area contributed by atoms with Crippen LogP contribution in [-0.2, 0) is 11.2 Å². The molecular formula is C19H22N2O5. The van der Waals surface area contributed by atoms with Crippen LogP contribution in [-0.4, -0.2) is 30.6 Å². The van der Waals surface area contributed by atoms with Gasteiger partial charge < -0.3 is 24.5 Å². The van der Waals surface area contributed by atoms with Crippen molar-refractivity contribution < 1.29 is 23.5 Å². The lowest BCUT2D eigenvalue weighted by Crippen LogP contribution is -2.41. The average Bonchev–Trinajstić information content (AvgIpc) is 3.23. The Kier molecular flexibility index (Phi) is 5.16. The van der Waals surface area contributed by atoms with Crippen LogP contribution in [0.5, 0.6) is 11.5 Å². The van der Waals surface area contributed by atoms with Crippen LogP contribution < -0.4 is 20.1 Å². The summed E-state index contributed by atoms with van der Waals surface area (Å²) in [5.41, 5.74) is 1.57. The summed E-state index contributed by atoms with van der Waals surface area (Å²) in [5.74, 6) is 0.663. The van der Waals surface area contributed by atoms with Crippen molar-refractivity contribution in [1.82, 2.24) is 5.32 Å². The number of anilines is 1. The molecular weight excluding hydrogens is 336 g/mol. The van der Waals surface area contributed by atoms with E-state index in [1.54, 1.807) is 19.1 Å². The van der Waals surface area contributed by atoms with Gasteiger partial charge in [0.2, 0.25) is 5.91 Å². The standard InChI is InChI=1S/C19H22N2O5/c1-4-24-17-9-13-8-11(2)26-16(13)10-14(17)21-18(22)12(3)20-19(23)15-6-5-7-25-15/h5-7,9-12H,4,8H2,1-3H3,(H,20,23)(H,21,22)/t11-,12-/m1/s1. The van der Waals surface area contributed by atoms with Crippen LogP contribution in [0, 0.1) is 0 Å². The first-order chi connectivity index (χ1) is 12.5. The van der Waals surface area contributed by atoms with Crippen LogP contribution in [0.15, 0.2) is 34.9 Å². The van der Waals surface area contributed by atoms with Crippen molar-refractivity contribution in [2.24, 2.45) is 0 Å². The van der Waals surface area contributed by atoms with E-state index in [1.807, 2.05) is 19.9 Å². The third-order valence-electron chi connectivity index (χ3n) is 4.04. The highest BCUT2D eigenvalue weighted by atomic mass is 16.5. The van der Waals surface area contributed by atoms with Crippen LogP contribution in [0.3, 0.4) is 0 Å². The van der Waals surface area contributed by atoms with Crippen LogP contribution >= 0.6 is 0 Å². The van der Waals surface area contributed by atoms with Crippen molar-refractivity contribution in [2.45, 2.75) is 39.3 Å². The number of carbonyl (C=O) groups excluding carboxylic acids is 2. The molecule has 26 heavy (non-hydrogen) atoms. The van der Waals surface area contributed by atoms with Crippen LogP contribution in [0.25, 0.3) is 0 Å². The van der Waals surface area contributed by atoms with Gasteiger partial charge in [0.1, 0.15) is 23.6 Å². The van der Waals surface area contributed by atoms with Gasteiger partial charge in [0.05, 0.1) is 18.6 Å². The number of fused-ring (bicyclic) bond motifs is 1. The van der Waals surface area contributed by atoms with Crippen molar-refractivity contribution in [3.05, 3.63) is 41.9 Å². The van der Waals surface area contributed by atoms with E-state index in [-0.39, 0.29) is 17.8 Å². The zero-order valence-corrected chi connectivity index (χ0v) is 15.0. The number of rotatable bonds is 6. The summed E-state index contributed by atoms with van der Waals surface area (Å²) >= 11 is 0. The van der Waals surface area contributed by atoms with E-state index in [2.05, 4.69) is 10.6 Å². The Morgan fingerprint density at radius 2 is 2.19 bits per heavy atom. The molecule has 0 fully saturated rings. The molecule has 0 radical (unpaired) electrons. The first-order valence-electron chi connectivity index (χ1n) is 8.59. The third-order valence-corrected chi connectivity index (χ3v) is 4.04. The van der Waals surface area contributed by atoms with Gasteiger partial charge in [-0.25, -0.2) is 0 Å². The molecule has 3 rings (SSSR count). The average molecular weight is 358 g/mol. The van der Waals surface area contributed by atoms with E-state index in [0.29, 0.717) is 18.0 Å². The minimum atomic E-state index is -0.754. The molecule has 2 atom stereocenters. The van der Waals surface area contributed by atoms with Crippen LogP contribution in [0.1, 0.15) is 36.9 Å². The molecule has 0 bridgehead atoms. The van der Waals surface area contributed by atoms with Gasteiger partial charge >= 0.3 is 0 Å². The van der Waals surface area contributed by atoms with E-state index in [0.717, 1.165) is 17.7 Å². The largest absolute Gasteiger partial charge is 0.492 e. The predicted octanol–water partition coefficient (Wildman–Crippen LogP) is 2.76. The molecule has 0 unspecified atom stereocenters. The number of amides is 2. The van der Waals surface area contributed by atoms with E-state index >= 15 is 0 Å². The molecule has 0 spiro atoms. The number of benzene rings is 1. The summed E-state index contributed by atoms with van der Waals surface area (Å²) in [7, 11) is 0. The van der Waals surface area contributed by atoms with Crippen molar-refractivity contribution in [1.29, 1.82) is 0 Å². The maximum atomic E-state index is 12.5. The van der Waals surface area contributed by atoms with Gasteiger partial charge in [0.15, 0.2) is 5.76 Å². The topological polar surface area (TPSA) is 89.8 Å². The van der Waals surface area contributed by atoms with Crippen molar-refractivity contribution in [2.75, 3.05) is 11.9 Å². The highest BCUT2D eigenvalue weighted by molar-refractivity contribution is 6.00. The summed E-state index contributed by atoms with van der Waals surface area (Å²) in [6.07, 6.45) is 2.30. The van der Waals surface area contributed by atoms with Gasteiger partial charge in [-0.1, -0.05) is 0 Å². The second kappa shape index (κ2) is 7.51. The molecule has 7 nitrogen and oxygen atoms in total. The molecule has 0 aliphatic carbocycles. The molecule has 0 saturated heterocycles. The number of hydrogen-bond donors (Lipinski definition) is 2. The lowest BCUT2D eigenvalue weighted by Gasteiger charge is -2.17. The second-order valence-corrected chi connectivity index (χ2v) is 6.18. The van der Waals surface area contributed by atoms with E-state index < -0.39 is 11.9 Å². The fourth-order valence-corrected chi connectivity index (χ4v) is 2.79. The Labute approximate surface area is 151 Å². The van der Waals surface area contributed by atoms with Crippen molar-refractivity contribution >= 4 is 17.5 Å². The molecule has 2 heterocycles. The Balaban J connectivity index is 1.72. The highest BCUT2D eigenvalue weighted by Gasteiger charge is 2.24. The summed E-state index contributed by atoms with van der Waals surface area (Å²) in [5, 5.41) is 5.40. The van der Waals surface area contributed by atoms with E-state index in [9.17, 15) is 9.59 Å². The first-order valence-corrected chi connectivity index (χ1v) is 8.59. The number of ether oxygens (including phenoxy) is 2. The Morgan fingerprint density at radius 1 is 1.38 bits per heavy atom. The van der Waals surface area contributed by atoms with Crippen molar-refractivity contribution in [3.63, 3.8) is 0 Å². The van der Waals surface area contributed by atoms with Gasteiger partial charge in [-0.05, 0) is 39.0 Å². The fraction of sp³-hybridized carbons (Fsp3) is 0.368. The molecule has 138 valence electrons. The fourth-order valence-electron chi connectivity index (χ4n) is 2.79. The lowest BCUT2D eigenvalue weighted by atomic mass is 10.1. The molecule has 1 aromatic carbocycles. The Hall–Kier alpha value is -2.96. The number of hydrogen-bond acceptors (Lipinski definition) is 5. The van der Waals surface area contributed by atoms with Gasteiger partial charge in [-0.2, -0.15) is 0 Å². The molecule has 2 N–H and O–H groups in total. The zero-order valence-electron chi connectivity index (χ0n) is 15.0. The molecule has 2 aromatic rings. The molecule has 1 aliphatic heterocycles. The Morgan fingerprint density at radius 3 is 2.88 bits per heavy atom. The SMILES string of the molecule is CCOc1cc2c(cc1NC(=O)[C@@H](C)NC(=O)c1ccco1)O[C@H](C)C2. The second-order valence-electron chi connectivity index (χ2n) is 6.18. The molecule has 2 amide bonds. The van der Waals surface area contributed by atoms with Crippen LogP contribution in [0.4, 0.5) is 5.69 Å². The molecule has 1 aromatic heterocycles. The van der Waals surface area contributed by atoms with Gasteiger partial charge in [-0.3, -0.25) is 9.59 Å². The van der Waals surface area contributed by atoms with Gasteiger partial charge in [0, 0.05) is 18.1 Å². The summed E-state index contributed by atoms with van der Waals surface area (Å²) in [6, 6.07) is 6.05. The maximum Gasteiger partial charge on any atom is 0.287 e.